The molecule has 2 N–H and O–H groups in total. The molecule has 0 aliphatic rings. The standard InChI is InChI=1S/C17H20N4OS2/c1-12(9-11-23-14-6-4-3-5-7-14)24-17-20-19-16(21(17)18)15-8-10-22-13(15)2/h3-8,10,12H,9,11,18H2,1-2H3/t12-/m0/s1. The van der Waals surface area contributed by atoms with Crippen molar-refractivity contribution < 1.29 is 4.42 Å². The van der Waals surface area contributed by atoms with Crippen LogP contribution in [0.25, 0.3) is 11.4 Å². The zero-order chi connectivity index (χ0) is 16.9. The van der Waals surface area contributed by atoms with Crippen molar-refractivity contribution in [2.75, 3.05) is 11.6 Å². The van der Waals surface area contributed by atoms with Gasteiger partial charge in [0.25, 0.3) is 0 Å². The summed E-state index contributed by atoms with van der Waals surface area (Å²) in [5.41, 5.74) is 0.879. The van der Waals surface area contributed by atoms with Crippen LogP contribution >= 0.6 is 23.5 Å². The molecule has 0 radical (unpaired) electrons. The number of aryl methyl sites for hydroxylation is 1. The SMILES string of the molecule is Cc1occc1-c1nnc(S[C@@H](C)CCSc2ccccc2)n1N. The van der Waals surface area contributed by atoms with Crippen LogP contribution in [-0.2, 0) is 0 Å². The van der Waals surface area contributed by atoms with E-state index < -0.39 is 0 Å². The number of hydrogen-bond acceptors (Lipinski definition) is 6. The zero-order valence-electron chi connectivity index (χ0n) is 13.7. The lowest BCUT2D eigenvalue weighted by Crippen LogP contribution is -2.13. The van der Waals surface area contributed by atoms with Crippen LogP contribution in [0, 0.1) is 6.92 Å². The van der Waals surface area contributed by atoms with E-state index in [-0.39, 0.29) is 0 Å². The Morgan fingerprint density at radius 1 is 1.21 bits per heavy atom. The Morgan fingerprint density at radius 3 is 2.71 bits per heavy atom. The Labute approximate surface area is 150 Å². The minimum atomic E-state index is 0.408. The third-order valence-electron chi connectivity index (χ3n) is 3.61. The second-order valence-corrected chi connectivity index (χ2v) is 8.02. The normalized spacial score (nSPS) is 12.4. The van der Waals surface area contributed by atoms with Crippen LogP contribution in [-0.4, -0.2) is 25.9 Å². The molecule has 3 rings (SSSR count). The maximum Gasteiger partial charge on any atom is 0.210 e. The number of furan rings is 1. The van der Waals surface area contributed by atoms with Crippen molar-refractivity contribution >= 4 is 23.5 Å². The fourth-order valence-electron chi connectivity index (χ4n) is 2.26. The second kappa shape index (κ2) is 7.81. The fourth-order valence-corrected chi connectivity index (χ4v) is 4.35. The summed E-state index contributed by atoms with van der Waals surface area (Å²) in [6.07, 6.45) is 2.70. The van der Waals surface area contributed by atoms with Crippen LogP contribution in [0.15, 0.2) is 57.1 Å². The molecule has 1 aromatic carbocycles. The van der Waals surface area contributed by atoms with Gasteiger partial charge in [0.05, 0.1) is 11.8 Å². The molecule has 0 unspecified atom stereocenters. The first kappa shape index (κ1) is 17.0. The Hall–Kier alpha value is -1.86. The highest BCUT2D eigenvalue weighted by Gasteiger charge is 2.17. The Morgan fingerprint density at radius 2 is 2.00 bits per heavy atom. The van der Waals surface area contributed by atoms with Gasteiger partial charge in [-0.2, -0.15) is 0 Å². The average molecular weight is 361 g/mol. The lowest BCUT2D eigenvalue weighted by atomic mass is 10.2. The van der Waals surface area contributed by atoms with Gasteiger partial charge in [-0.1, -0.05) is 36.9 Å². The number of aromatic nitrogens is 3. The van der Waals surface area contributed by atoms with Gasteiger partial charge in [-0.15, -0.1) is 22.0 Å². The first-order valence-corrected chi connectivity index (χ1v) is 9.61. The van der Waals surface area contributed by atoms with Crippen molar-refractivity contribution in [3.05, 3.63) is 48.4 Å². The summed E-state index contributed by atoms with van der Waals surface area (Å²) < 4.78 is 6.86. The maximum absolute atomic E-state index is 6.16. The van der Waals surface area contributed by atoms with E-state index in [4.69, 9.17) is 10.3 Å². The highest BCUT2D eigenvalue weighted by Crippen LogP contribution is 2.29. The first-order chi connectivity index (χ1) is 11.6. The van der Waals surface area contributed by atoms with E-state index >= 15 is 0 Å². The van der Waals surface area contributed by atoms with Crippen LogP contribution in [0.4, 0.5) is 0 Å². The van der Waals surface area contributed by atoms with Crippen LogP contribution in [0.3, 0.4) is 0 Å². The van der Waals surface area contributed by atoms with Gasteiger partial charge in [-0.3, -0.25) is 0 Å². The molecular formula is C17H20N4OS2. The summed E-state index contributed by atoms with van der Waals surface area (Å²) in [6.45, 7) is 4.08. The third kappa shape index (κ3) is 3.96. The van der Waals surface area contributed by atoms with Crippen LogP contribution in [0.1, 0.15) is 19.1 Å². The molecule has 0 amide bonds. The molecule has 0 fully saturated rings. The van der Waals surface area contributed by atoms with Gasteiger partial charge < -0.3 is 10.3 Å². The number of nitrogens with zero attached hydrogens (tertiary/aromatic N) is 3. The Bertz CT molecular complexity index is 785. The molecule has 5 nitrogen and oxygen atoms in total. The summed E-state index contributed by atoms with van der Waals surface area (Å²) >= 11 is 3.52. The molecular weight excluding hydrogens is 340 g/mol. The van der Waals surface area contributed by atoms with E-state index in [1.807, 2.05) is 30.8 Å². The topological polar surface area (TPSA) is 69.9 Å². The van der Waals surface area contributed by atoms with E-state index in [0.717, 1.165) is 28.7 Å². The summed E-state index contributed by atoms with van der Waals surface area (Å²) in [5, 5.41) is 9.56. The number of benzene rings is 1. The van der Waals surface area contributed by atoms with Crippen molar-refractivity contribution in [1.29, 1.82) is 0 Å². The van der Waals surface area contributed by atoms with Gasteiger partial charge >= 0.3 is 0 Å². The fraction of sp³-hybridized carbons (Fsp3) is 0.294. The number of thioether (sulfide) groups is 2. The number of nitrogens with two attached hydrogens (primary N) is 1. The summed E-state index contributed by atoms with van der Waals surface area (Å²) in [5.74, 6) is 8.64. The molecule has 3 aromatic rings. The zero-order valence-corrected chi connectivity index (χ0v) is 15.3. The molecule has 0 aliphatic heterocycles. The van der Waals surface area contributed by atoms with Gasteiger partial charge in [-0.25, -0.2) is 4.68 Å². The predicted octanol–water partition coefficient (Wildman–Crippen LogP) is 4.22. The Kier molecular flexibility index (Phi) is 5.52. The molecule has 0 bridgehead atoms. The van der Waals surface area contributed by atoms with Gasteiger partial charge in [0.15, 0.2) is 5.82 Å². The number of rotatable bonds is 7. The van der Waals surface area contributed by atoms with Crippen molar-refractivity contribution in [3.63, 3.8) is 0 Å². The summed E-state index contributed by atoms with van der Waals surface area (Å²) in [6, 6.07) is 12.3. The van der Waals surface area contributed by atoms with Gasteiger partial charge in [-0.05, 0) is 37.3 Å². The van der Waals surface area contributed by atoms with Crippen molar-refractivity contribution in [3.8, 4) is 11.4 Å². The van der Waals surface area contributed by atoms with Gasteiger partial charge in [0.1, 0.15) is 5.76 Å². The van der Waals surface area contributed by atoms with E-state index in [2.05, 4.69) is 41.4 Å². The first-order valence-electron chi connectivity index (χ1n) is 7.74. The smallest absolute Gasteiger partial charge is 0.210 e. The summed E-state index contributed by atoms with van der Waals surface area (Å²) in [4.78, 5) is 1.30. The van der Waals surface area contributed by atoms with E-state index in [1.54, 1.807) is 22.7 Å². The van der Waals surface area contributed by atoms with E-state index in [9.17, 15) is 0 Å². The molecule has 0 saturated heterocycles. The van der Waals surface area contributed by atoms with Crippen molar-refractivity contribution in [2.24, 2.45) is 0 Å². The molecule has 7 heteroatoms. The van der Waals surface area contributed by atoms with Gasteiger partial charge in [0.2, 0.25) is 5.16 Å². The molecule has 0 aliphatic carbocycles. The minimum absolute atomic E-state index is 0.408. The highest BCUT2D eigenvalue weighted by atomic mass is 32.2. The molecule has 24 heavy (non-hydrogen) atoms. The number of nitrogen functional groups attached to an aromatic ring is 1. The average Bonchev–Trinajstić information content (AvgIpc) is 3.15. The third-order valence-corrected chi connectivity index (χ3v) is 5.78. The van der Waals surface area contributed by atoms with Crippen LogP contribution in [0.5, 0.6) is 0 Å². The number of hydrogen-bond donors (Lipinski definition) is 1. The highest BCUT2D eigenvalue weighted by molar-refractivity contribution is 8.00. The Balaban J connectivity index is 1.56. The van der Waals surface area contributed by atoms with Crippen molar-refractivity contribution in [1.82, 2.24) is 14.9 Å². The maximum atomic E-state index is 6.16. The largest absolute Gasteiger partial charge is 0.469 e. The molecule has 2 aromatic heterocycles. The minimum Gasteiger partial charge on any atom is -0.469 e. The van der Waals surface area contributed by atoms with Crippen LogP contribution in [0.2, 0.25) is 0 Å². The monoisotopic (exact) mass is 360 g/mol. The molecule has 2 heterocycles. The van der Waals surface area contributed by atoms with Crippen molar-refractivity contribution in [2.45, 2.75) is 35.6 Å². The predicted molar refractivity (Wildman–Crippen MR) is 99.7 cm³/mol. The molecule has 0 spiro atoms. The lowest BCUT2D eigenvalue weighted by Gasteiger charge is -2.10. The van der Waals surface area contributed by atoms with Crippen LogP contribution < -0.4 is 5.84 Å². The molecule has 126 valence electrons. The van der Waals surface area contributed by atoms with E-state index in [1.165, 1.54) is 4.90 Å². The quantitative estimate of drug-likeness (QED) is 0.502. The molecule has 0 saturated carbocycles. The molecule has 1 atom stereocenters. The second-order valence-electron chi connectivity index (χ2n) is 5.45. The van der Waals surface area contributed by atoms with E-state index in [0.29, 0.717) is 11.1 Å². The van der Waals surface area contributed by atoms with Gasteiger partial charge in [0, 0.05) is 10.1 Å². The summed E-state index contributed by atoms with van der Waals surface area (Å²) in [7, 11) is 0. The lowest BCUT2D eigenvalue weighted by molar-refractivity contribution is 0.535.